The minimum absolute atomic E-state index is 0.178. The molecular formula is C24H37NO14. The number of methoxy groups -OCH3 is 1. The van der Waals surface area contributed by atoms with E-state index in [1.807, 2.05) is 0 Å². The molecule has 2 fully saturated rings. The molecule has 2 aliphatic rings. The average Bonchev–Trinajstić information content (AvgIpc) is 2.82. The van der Waals surface area contributed by atoms with Gasteiger partial charge in [-0.15, -0.1) is 0 Å². The summed E-state index contributed by atoms with van der Waals surface area (Å²) in [6.45, 7) is 4.72. The van der Waals surface area contributed by atoms with Crippen LogP contribution in [-0.4, -0.2) is 115 Å². The fourth-order valence-corrected chi connectivity index (χ4v) is 4.73. The molecule has 3 N–H and O–H groups in total. The molecule has 0 spiro atoms. The molecule has 10 unspecified atom stereocenters. The minimum Gasteiger partial charge on any atom is -0.463 e. The zero-order valence-corrected chi connectivity index (χ0v) is 22.7. The Morgan fingerprint density at radius 1 is 0.846 bits per heavy atom. The fraction of sp³-hybridized carbons (Fsp3) is 0.792. The molecule has 1 heterocycles. The first kappa shape index (κ1) is 32.4. The molecule has 0 aromatic rings. The largest absolute Gasteiger partial charge is 0.463 e. The number of rotatable bonds is 10. The highest BCUT2D eigenvalue weighted by molar-refractivity contribution is 5.73. The molecule has 1 amide bonds. The molecule has 222 valence electrons. The van der Waals surface area contributed by atoms with Crippen molar-refractivity contribution in [1.29, 1.82) is 0 Å². The molecule has 0 bridgehead atoms. The molecule has 15 nitrogen and oxygen atoms in total. The number of aliphatic hydroxyl groups excluding tert-OH is 2. The molecule has 1 aliphatic carbocycles. The van der Waals surface area contributed by atoms with Crippen LogP contribution < -0.4 is 5.32 Å². The summed E-state index contributed by atoms with van der Waals surface area (Å²) in [5.74, 6) is -4.33. The topological polar surface area (TPSA) is 202 Å². The quantitative estimate of drug-likeness (QED) is 0.201. The van der Waals surface area contributed by atoms with E-state index in [4.69, 9.17) is 33.2 Å². The Hall–Kier alpha value is -2.85. The standard InChI is InChI=1S/C24H37NO14/c1-10(27)25-18-16(33-6)7-15(8-26)19(32)21(18)39-24-23(37-14(5)31)22(36-13(4)30)20(35-12(3)29)17(38-24)9-34-11(2)28/h15-24,26,32H,7-9H2,1-6H3,(H,25,27). The van der Waals surface area contributed by atoms with Gasteiger partial charge in [-0.05, 0) is 6.42 Å². The van der Waals surface area contributed by atoms with Crippen LogP contribution in [0.4, 0.5) is 0 Å². The van der Waals surface area contributed by atoms with Crippen LogP contribution in [-0.2, 0) is 57.1 Å². The van der Waals surface area contributed by atoms with Crippen LogP contribution >= 0.6 is 0 Å². The Labute approximate surface area is 225 Å². The minimum atomic E-state index is -1.60. The van der Waals surface area contributed by atoms with Gasteiger partial charge in [-0.3, -0.25) is 24.0 Å². The number of amides is 1. The van der Waals surface area contributed by atoms with Gasteiger partial charge in [-0.1, -0.05) is 0 Å². The van der Waals surface area contributed by atoms with E-state index in [0.29, 0.717) is 0 Å². The first-order valence-electron chi connectivity index (χ1n) is 12.3. The maximum atomic E-state index is 12.1. The number of carbonyl (C=O) groups excluding carboxylic acids is 5. The van der Waals surface area contributed by atoms with Crippen molar-refractivity contribution in [2.45, 2.75) is 96.1 Å². The van der Waals surface area contributed by atoms with Gasteiger partial charge in [0.25, 0.3) is 0 Å². The maximum absolute atomic E-state index is 12.1. The third-order valence-electron chi connectivity index (χ3n) is 6.26. The summed E-state index contributed by atoms with van der Waals surface area (Å²) in [5, 5.41) is 23.6. The number of nitrogens with one attached hydrogen (secondary N) is 1. The molecular weight excluding hydrogens is 526 g/mol. The summed E-state index contributed by atoms with van der Waals surface area (Å²) >= 11 is 0. The van der Waals surface area contributed by atoms with Crippen molar-refractivity contribution in [3.05, 3.63) is 0 Å². The van der Waals surface area contributed by atoms with E-state index in [1.165, 1.54) is 14.0 Å². The highest BCUT2D eigenvalue weighted by Crippen LogP contribution is 2.35. The fourth-order valence-electron chi connectivity index (χ4n) is 4.73. The van der Waals surface area contributed by atoms with Crippen molar-refractivity contribution in [3.8, 4) is 0 Å². The Morgan fingerprint density at radius 2 is 1.41 bits per heavy atom. The number of aliphatic hydroxyl groups is 2. The number of hydrogen-bond donors (Lipinski definition) is 3. The van der Waals surface area contributed by atoms with Crippen LogP contribution in [0, 0.1) is 5.92 Å². The van der Waals surface area contributed by atoms with E-state index in [9.17, 15) is 34.2 Å². The van der Waals surface area contributed by atoms with Gasteiger partial charge >= 0.3 is 23.9 Å². The lowest BCUT2D eigenvalue weighted by molar-refractivity contribution is -0.329. The van der Waals surface area contributed by atoms with Crippen molar-refractivity contribution in [2.75, 3.05) is 20.3 Å². The van der Waals surface area contributed by atoms with Gasteiger partial charge in [0.15, 0.2) is 24.6 Å². The lowest BCUT2D eigenvalue weighted by atomic mass is 9.79. The lowest BCUT2D eigenvalue weighted by Gasteiger charge is -2.48. The Morgan fingerprint density at radius 3 is 1.90 bits per heavy atom. The van der Waals surface area contributed by atoms with Crippen LogP contribution in [0.2, 0.25) is 0 Å². The van der Waals surface area contributed by atoms with E-state index in [2.05, 4.69) is 5.32 Å². The first-order valence-corrected chi connectivity index (χ1v) is 12.3. The number of hydrogen-bond acceptors (Lipinski definition) is 14. The summed E-state index contributed by atoms with van der Waals surface area (Å²) < 4.78 is 38.7. The van der Waals surface area contributed by atoms with Crippen molar-refractivity contribution >= 4 is 29.8 Å². The Kier molecular flexibility index (Phi) is 12.0. The van der Waals surface area contributed by atoms with Crippen molar-refractivity contribution in [3.63, 3.8) is 0 Å². The lowest BCUT2D eigenvalue weighted by Crippen LogP contribution is -2.67. The maximum Gasteiger partial charge on any atom is 0.303 e. The van der Waals surface area contributed by atoms with E-state index >= 15 is 0 Å². The second-order valence-electron chi connectivity index (χ2n) is 9.34. The Bertz CT molecular complexity index is 896. The van der Waals surface area contributed by atoms with Gasteiger partial charge < -0.3 is 48.7 Å². The van der Waals surface area contributed by atoms with Gasteiger partial charge in [0.2, 0.25) is 5.91 Å². The van der Waals surface area contributed by atoms with Crippen LogP contribution in [0.3, 0.4) is 0 Å². The van der Waals surface area contributed by atoms with Gasteiger partial charge in [0, 0.05) is 54.3 Å². The van der Waals surface area contributed by atoms with E-state index in [0.717, 1.165) is 27.7 Å². The van der Waals surface area contributed by atoms with Crippen molar-refractivity contribution < 1.29 is 67.3 Å². The smallest absolute Gasteiger partial charge is 0.303 e. The van der Waals surface area contributed by atoms with Gasteiger partial charge in [-0.25, -0.2) is 0 Å². The van der Waals surface area contributed by atoms with Crippen molar-refractivity contribution in [2.24, 2.45) is 5.92 Å². The van der Waals surface area contributed by atoms with E-state index in [1.54, 1.807) is 0 Å². The zero-order valence-electron chi connectivity index (χ0n) is 22.7. The molecule has 15 heteroatoms. The number of carbonyl (C=O) groups is 5. The van der Waals surface area contributed by atoms with Gasteiger partial charge in [-0.2, -0.15) is 0 Å². The average molecular weight is 564 g/mol. The highest BCUT2D eigenvalue weighted by atomic mass is 16.7. The summed E-state index contributed by atoms with van der Waals surface area (Å²) in [7, 11) is 1.39. The predicted molar refractivity (Wildman–Crippen MR) is 126 cm³/mol. The molecule has 1 aliphatic heterocycles. The van der Waals surface area contributed by atoms with Crippen LogP contribution in [0.15, 0.2) is 0 Å². The SMILES string of the molecule is COC1CC(CO)C(O)C(OC2OC(COC(C)=O)C(OC(C)=O)C(OC(C)=O)C2OC(C)=O)C1NC(C)=O. The van der Waals surface area contributed by atoms with Crippen molar-refractivity contribution in [1.82, 2.24) is 5.32 Å². The number of esters is 4. The first-order chi connectivity index (χ1) is 18.3. The summed E-state index contributed by atoms with van der Waals surface area (Å²) in [5.41, 5.74) is 0. The van der Waals surface area contributed by atoms with Crippen LogP contribution in [0.1, 0.15) is 41.0 Å². The molecule has 0 radical (unpaired) electrons. The third kappa shape index (κ3) is 8.83. The van der Waals surface area contributed by atoms with Gasteiger partial charge in [0.05, 0.1) is 18.2 Å². The van der Waals surface area contributed by atoms with Crippen LogP contribution in [0.5, 0.6) is 0 Å². The molecule has 1 saturated heterocycles. The summed E-state index contributed by atoms with van der Waals surface area (Å²) in [4.78, 5) is 59.5. The zero-order chi connectivity index (χ0) is 29.4. The van der Waals surface area contributed by atoms with Gasteiger partial charge in [0.1, 0.15) is 18.8 Å². The monoisotopic (exact) mass is 563 g/mol. The second-order valence-corrected chi connectivity index (χ2v) is 9.34. The Balaban J connectivity index is 2.56. The molecule has 10 atom stereocenters. The third-order valence-corrected chi connectivity index (χ3v) is 6.26. The summed E-state index contributed by atoms with van der Waals surface area (Å²) in [6, 6.07) is -0.947. The second kappa shape index (κ2) is 14.5. The van der Waals surface area contributed by atoms with Crippen LogP contribution in [0.25, 0.3) is 0 Å². The molecule has 2 rings (SSSR count). The molecule has 0 aromatic carbocycles. The number of ether oxygens (including phenoxy) is 7. The van der Waals surface area contributed by atoms with E-state index < -0.39 is 104 Å². The predicted octanol–water partition coefficient (Wildman–Crippen LogP) is -1.65. The van der Waals surface area contributed by atoms with E-state index in [-0.39, 0.29) is 6.42 Å². The molecule has 39 heavy (non-hydrogen) atoms. The molecule has 1 saturated carbocycles. The normalized spacial score (nSPS) is 34.4. The summed E-state index contributed by atoms with van der Waals surface area (Å²) in [6.07, 6.45) is -10.5. The molecule has 0 aromatic heterocycles. The highest BCUT2D eigenvalue weighted by Gasteiger charge is 2.55.